The Kier molecular flexibility index (Phi) is 3.60. The summed E-state index contributed by atoms with van der Waals surface area (Å²) < 4.78 is 1.00. The van der Waals surface area contributed by atoms with Gasteiger partial charge in [-0.2, -0.15) is 0 Å². The summed E-state index contributed by atoms with van der Waals surface area (Å²) in [6.45, 7) is 0.975. The molecule has 0 aliphatic heterocycles. The minimum Gasteiger partial charge on any atom is -0.309 e. The van der Waals surface area contributed by atoms with Crippen LogP contribution in [0.4, 0.5) is 0 Å². The summed E-state index contributed by atoms with van der Waals surface area (Å²) in [7, 11) is 0. The molecule has 4 saturated carbocycles. The van der Waals surface area contributed by atoms with Crippen molar-refractivity contribution in [2.75, 3.05) is 0 Å². The number of halogens is 2. The maximum absolute atomic E-state index is 6.06. The van der Waals surface area contributed by atoms with Gasteiger partial charge in [-0.3, -0.25) is 0 Å². The van der Waals surface area contributed by atoms with Crippen LogP contribution >= 0.6 is 27.5 Å². The highest BCUT2D eigenvalue weighted by molar-refractivity contribution is 9.10. The summed E-state index contributed by atoms with van der Waals surface area (Å²) in [5.74, 6) is 4.00. The molecule has 5 rings (SSSR count). The minimum absolute atomic E-state index is 0.761. The number of hydrogen-bond acceptors (Lipinski definition) is 1. The summed E-state index contributed by atoms with van der Waals surface area (Å²) in [6.07, 6.45) is 7.46. The molecule has 1 aromatic rings. The van der Waals surface area contributed by atoms with Crippen LogP contribution in [0, 0.1) is 23.7 Å². The topological polar surface area (TPSA) is 12.0 Å². The van der Waals surface area contributed by atoms with Gasteiger partial charge in [-0.05, 0) is 89.4 Å². The Morgan fingerprint density at radius 2 is 1.70 bits per heavy atom. The van der Waals surface area contributed by atoms with Crippen molar-refractivity contribution < 1.29 is 0 Å². The van der Waals surface area contributed by atoms with Crippen LogP contribution in [0.2, 0.25) is 5.02 Å². The maximum atomic E-state index is 6.06. The van der Waals surface area contributed by atoms with Crippen molar-refractivity contribution >= 4 is 27.5 Å². The first-order chi connectivity index (χ1) is 9.69. The minimum atomic E-state index is 0.761. The maximum Gasteiger partial charge on any atom is 0.0548 e. The van der Waals surface area contributed by atoms with Crippen LogP contribution in [0.15, 0.2) is 22.7 Å². The average molecular weight is 355 g/mol. The molecule has 0 spiro atoms. The number of rotatable bonds is 3. The fourth-order valence-corrected chi connectivity index (χ4v) is 5.69. The smallest absolute Gasteiger partial charge is 0.0548 e. The van der Waals surface area contributed by atoms with Crippen LogP contribution in [0.5, 0.6) is 0 Å². The molecule has 1 aromatic carbocycles. The van der Waals surface area contributed by atoms with Gasteiger partial charge in [0.1, 0.15) is 0 Å². The molecular weight excluding hydrogens is 334 g/mol. The van der Waals surface area contributed by atoms with E-state index in [-0.39, 0.29) is 0 Å². The van der Waals surface area contributed by atoms with Gasteiger partial charge in [-0.25, -0.2) is 0 Å². The first-order valence-corrected chi connectivity index (χ1v) is 9.03. The van der Waals surface area contributed by atoms with Gasteiger partial charge in [-0.15, -0.1) is 0 Å². The molecule has 0 unspecified atom stereocenters. The molecule has 0 saturated heterocycles. The van der Waals surface area contributed by atoms with Crippen molar-refractivity contribution in [2.24, 2.45) is 23.7 Å². The highest BCUT2D eigenvalue weighted by atomic mass is 79.9. The number of hydrogen-bond donors (Lipinski definition) is 1. The predicted octanol–water partition coefficient (Wildman–Crippen LogP) is 5.02. The van der Waals surface area contributed by atoms with Crippen molar-refractivity contribution in [2.45, 2.75) is 44.7 Å². The molecule has 4 aliphatic rings. The molecule has 0 heterocycles. The Morgan fingerprint density at radius 1 is 1.05 bits per heavy atom. The predicted molar refractivity (Wildman–Crippen MR) is 86.8 cm³/mol. The van der Waals surface area contributed by atoms with E-state index in [1.54, 1.807) is 0 Å². The molecule has 4 bridgehead atoms. The Balaban J connectivity index is 1.43. The SMILES string of the molecule is Clc1ccc(CNC2C3CC4CC(C3)CC2C4)cc1Br. The molecule has 20 heavy (non-hydrogen) atoms. The van der Waals surface area contributed by atoms with Crippen LogP contribution < -0.4 is 5.32 Å². The van der Waals surface area contributed by atoms with E-state index >= 15 is 0 Å². The zero-order chi connectivity index (χ0) is 13.7. The first kappa shape index (κ1) is 13.6. The van der Waals surface area contributed by atoms with E-state index in [9.17, 15) is 0 Å². The second kappa shape index (κ2) is 5.30. The van der Waals surface area contributed by atoms with Gasteiger partial charge in [0.2, 0.25) is 0 Å². The summed E-state index contributed by atoms with van der Waals surface area (Å²) in [4.78, 5) is 0. The summed E-state index contributed by atoms with van der Waals surface area (Å²) in [5, 5.41) is 4.66. The van der Waals surface area contributed by atoms with Gasteiger partial charge in [0.05, 0.1) is 5.02 Å². The molecule has 0 atom stereocenters. The van der Waals surface area contributed by atoms with Gasteiger partial charge in [0.25, 0.3) is 0 Å². The van der Waals surface area contributed by atoms with E-state index in [1.807, 2.05) is 6.07 Å². The average Bonchev–Trinajstić information content (AvgIpc) is 2.41. The Bertz CT molecular complexity index is 488. The summed E-state index contributed by atoms with van der Waals surface area (Å²) >= 11 is 9.58. The normalized spacial score (nSPS) is 38.4. The monoisotopic (exact) mass is 353 g/mol. The second-order valence-electron chi connectivity index (χ2n) is 7.09. The number of benzene rings is 1. The van der Waals surface area contributed by atoms with E-state index in [2.05, 4.69) is 33.4 Å². The van der Waals surface area contributed by atoms with Crippen LogP contribution in [0.25, 0.3) is 0 Å². The quantitative estimate of drug-likeness (QED) is 0.804. The zero-order valence-electron chi connectivity index (χ0n) is 11.6. The van der Waals surface area contributed by atoms with E-state index < -0.39 is 0 Å². The van der Waals surface area contributed by atoms with Crippen LogP contribution in [-0.4, -0.2) is 6.04 Å². The molecule has 0 aromatic heterocycles. The van der Waals surface area contributed by atoms with E-state index in [0.717, 1.165) is 45.8 Å². The Hall–Kier alpha value is -0.0500. The lowest BCUT2D eigenvalue weighted by atomic mass is 9.54. The molecule has 4 fully saturated rings. The molecular formula is C17H21BrClN. The lowest BCUT2D eigenvalue weighted by Crippen LogP contribution is -2.54. The molecule has 1 nitrogen and oxygen atoms in total. The van der Waals surface area contributed by atoms with Crippen LogP contribution in [0.1, 0.15) is 37.7 Å². The zero-order valence-corrected chi connectivity index (χ0v) is 14.0. The molecule has 3 heteroatoms. The second-order valence-corrected chi connectivity index (χ2v) is 8.35. The van der Waals surface area contributed by atoms with Gasteiger partial charge < -0.3 is 5.32 Å². The van der Waals surface area contributed by atoms with Crippen LogP contribution in [0.3, 0.4) is 0 Å². The standard InChI is InChI=1S/C17H21BrClN/c18-15-8-10(1-2-16(15)19)9-20-17-13-4-11-3-12(6-13)7-14(17)5-11/h1-2,8,11-14,17,20H,3-7,9H2. The first-order valence-electron chi connectivity index (χ1n) is 7.86. The van der Waals surface area contributed by atoms with E-state index in [0.29, 0.717) is 0 Å². The lowest BCUT2D eigenvalue weighted by molar-refractivity contribution is -0.0142. The number of nitrogens with one attached hydrogen (secondary N) is 1. The van der Waals surface area contributed by atoms with Crippen molar-refractivity contribution in [3.8, 4) is 0 Å². The van der Waals surface area contributed by atoms with Gasteiger partial charge >= 0.3 is 0 Å². The largest absolute Gasteiger partial charge is 0.309 e. The molecule has 1 N–H and O–H groups in total. The third kappa shape index (κ3) is 2.44. The van der Waals surface area contributed by atoms with Crippen molar-refractivity contribution in [1.82, 2.24) is 5.32 Å². The highest BCUT2D eigenvalue weighted by Crippen LogP contribution is 2.53. The van der Waals surface area contributed by atoms with Crippen molar-refractivity contribution in [3.05, 3.63) is 33.3 Å². The van der Waals surface area contributed by atoms with Gasteiger partial charge in [0, 0.05) is 17.1 Å². The summed E-state index contributed by atoms with van der Waals surface area (Å²) in [5.41, 5.74) is 1.33. The fraction of sp³-hybridized carbons (Fsp3) is 0.647. The third-order valence-corrected chi connectivity index (χ3v) is 6.97. The fourth-order valence-electron chi connectivity index (χ4n) is 5.14. The van der Waals surface area contributed by atoms with Crippen molar-refractivity contribution in [1.29, 1.82) is 0 Å². The third-order valence-electron chi connectivity index (χ3n) is 5.75. The lowest BCUT2D eigenvalue weighted by Gasteiger charge is -2.54. The van der Waals surface area contributed by atoms with Crippen molar-refractivity contribution in [3.63, 3.8) is 0 Å². The van der Waals surface area contributed by atoms with E-state index in [4.69, 9.17) is 11.6 Å². The van der Waals surface area contributed by atoms with Gasteiger partial charge in [0.15, 0.2) is 0 Å². The summed E-state index contributed by atoms with van der Waals surface area (Å²) in [6, 6.07) is 7.03. The van der Waals surface area contributed by atoms with Crippen LogP contribution in [-0.2, 0) is 6.54 Å². The molecule has 108 valence electrons. The van der Waals surface area contributed by atoms with E-state index in [1.165, 1.54) is 37.7 Å². The molecule has 0 radical (unpaired) electrons. The molecule has 4 aliphatic carbocycles. The molecule has 0 amide bonds. The Labute approximate surface area is 134 Å². The Morgan fingerprint density at radius 3 is 2.30 bits per heavy atom. The van der Waals surface area contributed by atoms with Gasteiger partial charge in [-0.1, -0.05) is 17.7 Å². The highest BCUT2D eigenvalue weighted by Gasteiger charge is 2.47.